The van der Waals surface area contributed by atoms with Crippen LogP contribution in [-0.2, 0) is 0 Å². The number of furan rings is 2. The number of fused-ring (bicyclic) bond motifs is 15. The summed E-state index contributed by atoms with van der Waals surface area (Å²) in [5.74, 6) is 0. The molecule has 0 unspecified atom stereocenters. The lowest BCUT2D eigenvalue weighted by Gasteiger charge is -2.20. The van der Waals surface area contributed by atoms with Crippen LogP contribution in [0.2, 0.25) is 0 Å². The first-order valence-corrected chi connectivity index (χ1v) is 31.0. The molecule has 2 heterocycles. The van der Waals surface area contributed by atoms with E-state index in [9.17, 15) is 0 Å². The third kappa shape index (κ3) is 7.71. The van der Waals surface area contributed by atoms with Gasteiger partial charge in [0.05, 0.1) is 0 Å². The summed E-state index contributed by atoms with van der Waals surface area (Å²) < 4.78 is 13.6. The summed E-state index contributed by atoms with van der Waals surface area (Å²) in [5, 5.41) is 21.5. The van der Waals surface area contributed by atoms with Crippen molar-refractivity contribution in [3.63, 3.8) is 0 Å². The Labute approximate surface area is 518 Å². The number of hydrogen-bond donors (Lipinski definition) is 0. The summed E-state index contributed by atoms with van der Waals surface area (Å²) in [6.45, 7) is 0. The summed E-state index contributed by atoms with van der Waals surface area (Å²) in [7, 11) is 0. The SMILES string of the molecule is c1ccc(-c2c3ccccc3c(-c3ccc(-c4ccc5oc6c(-c7cc(-c8c9ccccc9c(-c9ccc(-c%10ccc%11oc%12ccc%13ccccc%13c%12c%11c%10)cc9)c9ccccc89)c8ccccc8c7)cc7ccccc7c6c5c4)cc3)c3ccccc23)cc1. The smallest absolute Gasteiger partial charge is 0.143 e. The van der Waals surface area contributed by atoms with E-state index in [0.29, 0.717) is 0 Å². The molecular weight excluding hydrogens is 1090 g/mol. The van der Waals surface area contributed by atoms with Crippen molar-refractivity contribution in [2.75, 3.05) is 0 Å². The van der Waals surface area contributed by atoms with Crippen LogP contribution in [0, 0.1) is 0 Å². The second-order valence-corrected chi connectivity index (χ2v) is 24.1. The fraction of sp³-hybridized carbons (Fsp3) is 0. The Morgan fingerprint density at radius 1 is 0.167 bits per heavy atom. The van der Waals surface area contributed by atoms with Crippen LogP contribution in [0.4, 0.5) is 0 Å². The molecule has 0 N–H and O–H groups in total. The molecule has 0 aliphatic heterocycles. The maximum Gasteiger partial charge on any atom is 0.143 e. The van der Waals surface area contributed by atoms with Crippen molar-refractivity contribution in [1.82, 2.24) is 0 Å². The van der Waals surface area contributed by atoms with E-state index >= 15 is 0 Å². The van der Waals surface area contributed by atoms with Gasteiger partial charge in [-0.2, -0.15) is 0 Å². The lowest BCUT2D eigenvalue weighted by molar-refractivity contribution is 0.669. The molecule has 0 radical (unpaired) electrons. The molecular formula is C88H52O2. The largest absolute Gasteiger partial charge is 0.456 e. The van der Waals surface area contributed by atoms with Gasteiger partial charge in [-0.25, -0.2) is 0 Å². The van der Waals surface area contributed by atoms with Gasteiger partial charge in [-0.05, 0) is 196 Å². The summed E-state index contributed by atoms with van der Waals surface area (Å²) in [4.78, 5) is 0. The molecule has 0 bridgehead atoms. The normalized spacial score (nSPS) is 12.0. The molecule has 2 heteroatoms. The quantitative estimate of drug-likeness (QED) is 0.149. The zero-order valence-corrected chi connectivity index (χ0v) is 48.8. The van der Waals surface area contributed by atoms with Crippen LogP contribution in [0.1, 0.15) is 0 Å². The van der Waals surface area contributed by atoms with Crippen molar-refractivity contribution in [3.8, 4) is 77.9 Å². The molecule has 19 aromatic rings. The predicted molar refractivity (Wildman–Crippen MR) is 382 cm³/mol. The van der Waals surface area contributed by atoms with Gasteiger partial charge in [-0.3, -0.25) is 0 Å². The average Bonchev–Trinajstić information content (AvgIpc) is 0.965. The van der Waals surface area contributed by atoms with Gasteiger partial charge in [0.2, 0.25) is 0 Å². The maximum atomic E-state index is 7.18. The van der Waals surface area contributed by atoms with Gasteiger partial charge in [-0.1, -0.05) is 267 Å². The molecule has 416 valence electrons. The molecule has 0 fully saturated rings. The topological polar surface area (TPSA) is 26.3 Å². The molecule has 0 saturated heterocycles. The maximum absolute atomic E-state index is 7.18. The monoisotopic (exact) mass is 1140 g/mol. The number of rotatable bonds is 7. The third-order valence-electron chi connectivity index (χ3n) is 19.2. The second-order valence-electron chi connectivity index (χ2n) is 24.1. The van der Waals surface area contributed by atoms with Crippen LogP contribution in [0.25, 0.3) is 197 Å². The van der Waals surface area contributed by atoms with Crippen molar-refractivity contribution in [1.29, 1.82) is 0 Å². The van der Waals surface area contributed by atoms with Gasteiger partial charge in [0.1, 0.15) is 22.3 Å². The Morgan fingerprint density at radius 2 is 0.533 bits per heavy atom. The Balaban J connectivity index is 0.737. The highest BCUT2D eigenvalue weighted by Crippen LogP contribution is 2.50. The summed E-state index contributed by atoms with van der Waals surface area (Å²) in [5.41, 5.74) is 20.1. The molecule has 0 aliphatic rings. The highest BCUT2D eigenvalue weighted by Gasteiger charge is 2.24. The summed E-state index contributed by atoms with van der Waals surface area (Å²) >= 11 is 0. The molecule has 19 rings (SSSR count). The van der Waals surface area contributed by atoms with E-state index in [1.165, 1.54) is 120 Å². The first kappa shape index (κ1) is 50.3. The highest BCUT2D eigenvalue weighted by molar-refractivity contribution is 6.27. The van der Waals surface area contributed by atoms with Gasteiger partial charge in [-0.15, -0.1) is 0 Å². The van der Waals surface area contributed by atoms with E-state index in [0.717, 1.165) is 77.3 Å². The predicted octanol–water partition coefficient (Wildman–Crippen LogP) is 25.2. The van der Waals surface area contributed by atoms with E-state index < -0.39 is 0 Å². The van der Waals surface area contributed by atoms with Crippen LogP contribution in [0.15, 0.2) is 324 Å². The Kier molecular flexibility index (Phi) is 11.1. The minimum absolute atomic E-state index is 0.863. The summed E-state index contributed by atoms with van der Waals surface area (Å²) in [6.07, 6.45) is 0. The van der Waals surface area contributed by atoms with Crippen LogP contribution in [0.3, 0.4) is 0 Å². The van der Waals surface area contributed by atoms with Crippen LogP contribution in [0.5, 0.6) is 0 Å². The van der Waals surface area contributed by atoms with Crippen LogP contribution < -0.4 is 0 Å². The second kappa shape index (κ2) is 19.8. The van der Waals surface area contributed by atoms with Crippen LogP contribution >= 0.6 is 0 Å². The average molecular weight is 1140 g/mol. The van der Waals surface area contributed by atoms with Crippen molar-refractivity contribution >= 4 is 119 Å². The molecule has 2 aromatic heterocycles. The fourth-order valence-corrected chi connectivity index (χ4v) is 15.2. The minimum atomic E-state index is 0.863. The lowest BCUT2D eigenvalue weighted by atomic mass is 9.83. The van der Waals surface area contributed by atoms with Gasteiger partial charge in [0.15, 0.2) is 0 Å². The van der Waals surface area contributed by atoms with E-state index in [2.05, 4.69) is 315 Å². The molecule has 0 spiro atoms. The van der Waals surface area contributed by atoms with Crippen molar-refractivity contribution < 1.29 is 8.83 Å². The van der Waals surface area contributed by atoms with E-state index in [-0.39, 0.29) is 0 Å². The van der Waals surface area contributed by atoms with E-state index in [4.69, 9.17) is 8.83 Å². The van der Waals surface area contributed by atoms with Crippen LogP contribution in [-0.4, -0.2) is 0 Å². The van der Waals surface area contributed by atoms with E-state index in [1.54, 1.807) is 0 Å². The standard InChI is InChI=1S/C88H52O2/c1-2-19-56(20-3-1)82-67-26-10-12-28-69(67)83(70-29-13-11-27-68(70)82)57-38-36-54(37-39-57)60-44-46-80-78(50-60)87-66-25-9-6-22-62(66)51-75(88(87)90-80)63-48-61-21-5-7-23-64(61)76(52-63)85-73-32-16-14-30-71(73)84(72-31-15-17-33-74(72)85)58-40-34-53(35-41-58)59-43-45-79-77(49-59)86-65-24-8-4-18-55(65)42-47-81(86)89-79/h1-52H. The fourth-order valence-electron chi connectivity index (χ4n) is 15.2. The Morgan fingerprint density at radius 3 is 1.06 bits per heavy atom. The zero-order valence-electron chi connectivity index (χ0n) is 48.8. The molecule has 0 atom stereocenters. The van der Waals surface area contributed by atoms with E-state index in [1.807, 2.05) is 0 Å². The lowest BCUT2D eigenvalue weighted by Crippen LogP contribution is -1.93. The number of benzene rings is 17. The summed E-state index contributed by atoms with van der Waals surface area (Å²) in [6, 6.07) is 116. The van der Waals surface area contributed by atoms with Gasteiger partial charge >= 0.3 is 0 Å². The van der Waals surface area contributed by atoms with Gasteiger partial charge in [0, 0.05) is 27.1 Å². The molecule has 17 aromatic carbocycles. The third-order valence-corrected chi connectivity index (χ3v) is 19.2. The zero-order chi connectivity index (χ0) is 59.0. The number of hydrogen-bond acceptors (Lipinski definition) is 2. The first-order chi connectivity index (χ1) is 44.6. The van der Waals surface area contributed by atoms with Gasteiger partial charge in [0.25, 0.3) is 0 Å². The van der Waals surface area contributed by atoms with Crippen molar-refractivity contribution in [2.45, 2.75) is 0 Å². The minimum Gasteiger partial charge on any atom is -0.456 e. The first-order valence-electron chi connectivity index (χ1n) is 31.0. The van der Waals surface area contributed by atoms with Gasteiger partial charge < -0.3 is 8.83 Å². The molecule has 90 heavy (non-hydrogen) atoms. The molecule has 0 aliphatic carbocycles. The Bertz CT molecular complexity index is 6070. The highest BCUT2D eigenvalue weighted by atomic mass is 16.3. The van der Waals surface area contributed by atoms with Crippen molar-refractivity contribution in [2.24, 2.45) is 0 Å². The van der Waals surface area contributed by atoms with Crippen molar-refractivity contribution in [3.05, 3.63) is 315 Å². The molecule has 0 saturated carbocycles. The molecule has 2 nitrogen and oxygen atoms in total. The molecule has 0 amide bonds. The Hall–Kier alpha value is -11.8.